The maximum atomic E-state index is 14.9. The SMILES string of the molecule is C=C(CN(C)C)C(=O)N1CC(S(=O)(=O)c2ccc(N3CC(CN4CCC(C(CN5CCC5)(c5cccc(F)c5)[C@H]5CCC[C@@H]5NC(=O)O)CC4)C3)cc2)C1. The van der Waals surface area contributed by atoms with Gasteiger partial charge in [-0.3, -0.25) is 4.79 Å². The zero-order valence-electron chi connectivity index (χ0n) is 31.8. The third-order valence-corrected chi connectivity index (χ3v) is 15.1. The summed E-state index contributed by atoms with van der Waals surface area (Å²) in [7, 11) is 0.188. The lowest BCUT2D eigenvalue weighted by Crippen LogP contribution is -2.60. The molecule has 11 nitrogen and oxygen atoms in total. The molecule has 4 aliphatic heterocycles. The molecule has 1 aliphatic carbocycles. The Morgan fingerprint density at radius 2 is 1.65 bits per heavy atom. The van der Waals surface area contributed by atoms with Crippen molar-refractivity contribution in [3.63, 3.8) is 0 Å². The molecule has 5 aliphatic rings. The molecule has 4 saturated heterocycles. The van der Waals surface area contributed by atoms with Crippen LogP contribution in [-0.4, -0.2) is 143 Å². The van der Waals surface area contributed by atoms with E-state index in [9.17, 15) is 27.5 Å². The first-order valence-corrected chi connectivity index (χ1v) is 21.3. The minimum atomic E-state index is -3.54. The van der Waals surface area contributed by atoms with Crippen molar-refractivity contribution in [1.82, 2.24) is 24.9 Å². The van der Waals surface area contributed by atoms with Gasteiger partial charge in [-0.1, -0.05) is 25.1 Å². The second-order valence-electron chi connectivity index (χ2n) is 16.8. The first-order valence-electron chi connectivity index (χ1n) is 19.7. The van der Waals surface area contributed by atoms with E-state index in [1.165, 1.54) is 6.07 Å². The molecule has 4 heterocycles. The molecular weight excluding hydrogens is 708 g/mol. The number of hydrogen-bond acceptors (Lipinski definition) is 8. The summed E-state index contributed by atoms with van der Waals surface area (Å²) < 4.78 is 41.6. The lowest BCUT2D eigenvalue weighted by atomic mass is 9.57. The normalized spacial score (nSPS) is 24.4. The van der Waals surface area contributed by atoms with Crippen LogP contribution in [0.15, 0.2) is 65.6 Å². The van der Waals surface area contributed by atoms with Gasteiger partial charge in [-0.2, -0.15) is 0 Å². The van der Waals surface area contributed by atoms with E-state index < -0.39 is 21.2 Å². The van der Waals surface area contributed by atoms with Gasteiger partial charge in [0.15, 0.2) is 9.84 Å². The summed E-state index contributed by atoms with van der Waals surface area (Å²) in [6.07, 6.45) is 4.89. The van der Waals surface area contributed by atoms with E-state index >= 15 is 0 Å². The fourth-order valence-electron chi connectivity index (χ4n) is 10.1. The number of anilines is 1. The molecule has 1 unspecified atom stereocenters. The van der Waals surface area contributed by atoms with E-state index in [0.717, 1.165) is 102 Å². The molecule has 2 amide bonds. The molecule has 2 N–H and O–H groups in total. The minimum absolute atomic E-state index is 0.111. The molecule has 294 valence electrons. The number of carbonyl (C=O) groups is 2. The lowest BCUT2D eigenvalue weighted by Gasteiger charge is -2.54. The summed E-state index contributed by atoms with van der Waals surface area (Å²) in [5, 5.41) is 12.0. The van der Waals surface area contributed by atoms with Crippen molar-refractivity contribution in [3.8, 4) is 0 Å². The molecule has 0 radical (unpaired) electrons. The van der Waals surface area contributed by atoms with Crippen molar-refractivity contribution < 1.29 is 27.5 Å². The van der Waals surface area contributed by atoms with Gasteiger partial charge in [0.05, 0.1) is 4.90 Å². The molecule has 54 heavy (non-hydrogen) atoms. The van der Waals surface area contributed by atoms with Gasteiger partial charge in [-0.05, 0) is 126 Å². The number of benzene rings is 2. The van der Waals surface area contributed by atoms with E-state index in [1.54, 1.807) is 23.1 Å². The van der Waals surface area contributed by atoms with Gasteiger partial charge in [-0.25, -0.2) is 17.6 Å². The number of amides is 2. The van der Waals surface area contributed by atoms with Crippen LogP contribution in [0, 0.1) is 23.6 Å². The van der Waals surface area contributed by atoms with Crippen LogP contribution in [0.4, 0.5) is 14.9 Å². The van der Waals surface area contributed by atoms with Gasteiger partial charge in [-0.15, -0.1) is 0 Å². The number of rotatable bonds is 14. The number of piperidine rings is 1. The fraction of sp³-hybridized carbons (Fsp3) is 0.610. The number of carboxylic acid groups (broad SMARTS) is 1. The molecule has 7 rings (SSSR count). The van der Waals surface area contributed by atoms with Crippen molar-refractivity contribution in [2.24, 2.45) is 17.8 Å². The summed E-state index contributed by atoms with van der Waals surface area (Å²) in [6.45, 7) is 12.3. The molecule has 0 spiro atoms. The first kappa shape index (κ1) is 38.7. The second kappa shape index (κ2) is 15.9. The highest BCUT2D eigenvalue weighted by atomic mass is 32.2. The summed E-state index contributed by atoms with van der Waals surface area (Å²) in [5.41, 5.74) is 2.17. The molecule has 0 aromatic heterocycles. The Hall–Kier alpha value is -3.52. The Morgan fingerprint density at radius 3 is 2.26 bits per heavy atom. The van der Waals surface area contributed by atoms with Crippen LogP contribution in [0.1, 0.15) is 44.1 Å². The maximum Gasteiger partial charge on any atom is 0.404 e. The van der Waals surface area contributed by atoms with Crippen LogP contribution in [0.2, 0.25) is 0 Å². The number of hydrogen-bond donors (Lipinski definition) is 2. The zero-order valence-corrected chi connectivity index (χ0v) is 32.7. The number of halogens is 1. The van der Waals surface area contributed by atoms with Crippen LogP contribution in [-0.2, 0) is 20.0 Å². The molecule has 1 saturated carbocycles. The molecule has 2 aromatic rings. The van der Waals surface area contributed by atoms with Gasteiger partial charge < -0.3 is 34.9 Å². The summed E-state index contributed by atoms with van der Waals surface area (Å²) in [5.74, 6) is 0.523. The number of nitrogens with zero attached hydrogens (tertiary/aromatic N) is 5. The van der Waals surface area contributed by atoms with E-state index in [4.69, 9.17) is 0 Å². The number of sulfone groups is 1. The highest BCUT2D eigenvalue weighted by Gasteiger charge is 2.53. The Kier molecular flexibility index (Phi) is 11.4. The van der Waals surface area contributed by atoms with Crippen molar-refractivity contribution in [3.05, 3.63) is 72.1 Å². The van der Waals surface area contributed by atoms with Gasteiger partial charge in [0.1, 0.15) is 11.1 Å². The lowest BCUT2D eigenvalue weighted by molar-refractivity contribution is -0.130. The van der Waals surface area contributed by atoms with Crippen molar-refractivity contribution >= 4 is 27.5 Å². The van der Waals surface area contributed by atoms with Gasteiger partial charge >= 0.3 is 6.09 Å². The number of likely N-dealkylation sites (N-methyl/N-ethyl adjacent to an activating group) is 1. The Labute approximate surface area is 320 Å². The van der Waals surface area contributed by atoms with Gasteiger partial charge in [0.2, 0.25) is 0 Å². The molecular formula is C41H57FN6O5S. The molecule has 2 aromatic carbocycles. The average Bonchev–Trinajstić information content (AvgIpc) is 3.53. The smallest absolute Gasteiger partial charge is 0.404 e. The van der Waals surface area contributed by atoms with Crippen LogP contribution in [0.5, 0.6) is 0 Å². The highest BCUT2D eigenvalue weighted by molar-refractivity contribution is 7.92. The fourth-order valence-corrected chi connectivity index (χ4v) is 11.7. The van der Waals surface area contributed by atoms with Crippen molar-refractivity contribution in [2.75, 3.05) is 91.0 Å². The van der Waals surface area contributed by atoms with Crippen molar-refractivity contribution in [2.45, 2.75) is 60.1 Å². The Morgan fingerprint density at radius 1 is 0.944 bits per heavy atom. The molecule has 13 heteroatoms. The summed E-state index contributed by atoms with van der Waals surface area (Å²) >= 11 is 0. The van der Waals surface area contributed by atoms with Crippen LogP contribution in [0.3, 0.4) is 0 Å². The largest absolute Gasteiger partial charge is 0.465 e. The number of carbonyl (C=O) groups excluding carboxylic acids is 1. The molecule has 0 bridgehead atoms. The zero-order chi connectivity index (χ0) is 38.2. The number of nitrogens with one attached hydrogen (secondary N) is 1. The van der Waals surface area contributed by atoms with E-state index in [0.29, 0.717) is 28.8 Å². The standard InChI is InChI=1S/C41H57FN6O5S/c1-29(22-44(2)3)39(49)48-26-36(27-48)54(52,53)35-13-11-34(12-14-35)47-24-30(25-47)23-45-19-15-31(16-20-45)41(28-46-17-6-18-46,32-7-4-8-33(42)21-32)37-9-5-10-38(37)43-40(50)51/h4,7-8,11-14,21,30-31,36-38,43H,1,5-6,9-10,15-20,22-28H2,2-3H3,(H,50,51)/t37-,38-,41?/m0/s1. The third-order valence-electron chi connectivity index (χ3n) is 13.0. The summed E-state index contributed by atoms with van der Waals surface area (Å²) in [6, 6.07) is 14.2. The van der Waals surface area contributed by atoms with Crippen LogP contribution >= 0.6 is 0 Å². The van der Waals surface area contributed by atoms with E-state index in [-0.39, 0.29) is 42.2 Å². The second-order valence-corrected chi connectivity index (χ2v) is 19.1. The van der Waals surface area contributed by atoms with Gasteiger partial charge in [0, 0.05) is 74.4 Å². The minimum Gasteiger partial charge on any atom is -0.465 e. The predicted molar refractivity (Wildman–Crippen MR) is 208 cm³/mol. The number of likely N-dealkylation sites (tertiary alicyclic amines) is 3. The third kappa shape index (κ3) is 7.92. The predicted octanol–water partition coefficient (Wildman–Crippen LogP) is 4.16. The Balaban J connectivity index is 0.945. The van der Waals surface area contributed by atoms with Crippen LogP contribution < -0.4 is 10.2 Å². The first-order chi connectivity index (χ1) is 25.8. The van der Waals surface area contributed by atoms with Crippen LogP contribution in [0.25, 0.3) is 0 Å². The Bertz CT molecular complexity index is 1780. The molecule has 3 atom stereocenters. The average molecular weight is 765 g/mol. The van der Waals surface area contributed by atoms with E-state index in [1.807, 2.05) is 37.2 Å². The summed E-state index contributed by atoms with van der Waals surface area (Å²) in [4.78, 5) is 35.6. The van der Waals surface area contributed by atoms with E-state index in [2.05, 4.69) is 32.7 Å². The topological polar surface area (TPSA) is 117 Å². The highest BCUT2D eigenvalue weighted by Crippen LogP contribution is 2.51. The van der Waals surface area contributed by atoms with Gasteiger partial charge in [0.25, 0.3) is 5.91 Å². The van der Waals surface area contributed by atoms with Crippen molar-refractivity contribution in [1.29, 1.82) is 0 Å². The monoisotopic (exact) mass is 764 g/mol. The maximum absolute atomic E-state index is 14.9. The molecule has 5 fully saturated rings. The quantitative estimate of drug-likeness (QED) is 0.274.